The molecule has 6 heterocycles. The SMILES string of the molecule is CCc1cc(N(C)c2nc(N(I)c3ccc4nccnc4c3N(C)SC)c3cc[nH]c3n2)c(OC)nc1N1CCC(N2CCN(C)CC2)CC1. The molecule has 2 aliphatic heterocycles. The molecule has 0 radical (unpaired) electrons. The molecule has 50 heavy (non-hydrogen) atoms. The smallest absolute Gasteiger partial charge is 0.239 e. The Hall–Kier alpha value is -3.67. The van der Waals surface area contributed by atoms with Crippen LogP contribution in [0.4, 0.5) is 34.6 Å². The van der Waals surface area contributed by atoms with Crippen LogP contribution in [0.1, 0.15) is 25.3 Å². The number of nitrogens with zero attached hydrogens (tertiary/aromatic N) is 11. The number of fused-ring (bicyclic) bond motifs is 2. The second kappa shape index (κ2) is 14.9. The van der Waals surface area contributed by atoms with Gasteiger partial charge in [0.2, 0.25) is 11.8 Å². The Morgan fingerprint density at radius 2 is 1.74 bits per heavy atom. The normalized spacial score (nSPS) is 16.3. The molecule has 1 N–H and O–H groups in total. The molecule has 2 aliphatic rings. The minimum Gasteiger partial charge on any atom is -0.479 e. The molecule has 0 aliphatic carbocycles. The van der Waals surface area contributed by atoms with E-state index < -0.39 is 0 Å². The first-order valence-electron chi connectivity index (χ1n) is 17.1. The van der Waals surface area contributed by atoms with Crippen LogP contribution >= 0.6 is 34.8 Å². The van der Waals surface area contributed by atoms with E-state index in [0.29, 0.717) is 17.9 Å². The lowest BCUT2D eigenvalue weighted by atomic mass is 10.0. The standard InChI is InChI=1S/C35H45IN12OS/c1-7-23-22-28(34(49-5)41-32(23)47-16-11-24(12-17-47)46-20-18-43(2)19-21-46)44(3)35-40-31-25(10-13-39-31)33(42-35)48(36)27-9-8-26-29(38-15-14-37-26)30(27)45(4)50-6/h8-10,13-15,22,24H,7,11-12,16-21H2,1-6H3,(H,39,40,42). The van der Waals surface area contributed by atoms with Gasteiger partial charge in [0.05, 0.1) is 52.3 Å². The number of aryl methyl sites for hydroxylation is 1. The van der Waals surface area contributed by atoms with E-state index in [1.54, 1.807) is 31.5 Å². The van der Waals surface area contributed by atoms with Crippen molar-refractivity contribution in [3.05, 3.63) is 48.4 Å². The molecule has 0 saturated carbocycles. The zero-order valence-corrected chi connectivity index (χ0v) is 32.6. The van der Waals surface area contributed by atoms with Crippen molar-refractivity contribution in [2.24, 2.45) is 0 Å². The number of aromatic amines is 1. The third-order valence-electron chi connectivity index (χ3n) is 10.0. The zero-order chi connectivity index (χ0) is 34.9. The summed E-state index contributed by atoms with van der Waals surface area (Å²) in [4.78, 5) is 37.4. The number of pyridine rings is 1. The molecular weight excluding hydrogens is 763 g/mol. The van der Waals surface area contributed by atoms with E-state index in [1.165, 1.54) is 5.56 Å². The molecule has 2 saturated heterocycles. The van der Waals surface area contributed by atoms with Crippen LogP contribution in [0.5, 0.6) is 5.88 Å². The number of rotatable bonds is 10. The van der Waals surface area contributed by atoms with Gasteiger partial charge in [-0.1, -0.05) is 18.9 Å². The summed E-state index contributed by atoms with van der Waals surface area (Å²) in [5, 5.41) is 0.906. The van der Waals surface area contributed by atoms with Crippen LogP contribution in [-0.4, -0.2) is 120 Å². The molecule has 0 atom stereocenters. The molecule has 4 aromatic heterocycles. The van der Waals surface area contributed by atoms with Gasteiger partial charge in [-0.25, -0.2) is 0 Å². The number of benzene rings is 1. The highest BCUT2D eigenvalue weighted by Crippen LogP contribution is 2.44. The minimum absolute atomic E-state index is 0.528. The van der Waals surface area contributed by atoms with Crippen molar-refractivity contribution in [3.8, 4) is 5.88 Å². The number of hydrogen-bond acceptors (Lipinski definition) is 13. The van der Waals surface area contributed by atoms with Crippen LogP contribution in [0.2, 0.25) is 0 Å². The highest BCUT2D eigenvalue weighted by molar-refractivity contribution is 14.1. The number of anilines is 6. The maximum absolute atomic E-state index is 5.97. The topological polar surface area (TPSA) is 109 Å². The van der Waals surface area contributed by atoms with E-state index in [2.05, 4.69) is 81.1 Å². The molecule has 0 unspecified atom stereocenters. The number of piperidine rings is 1. The Labute approximate surface area is 312 Å². The Bertz CT molecular complexity index is 1960. The highest BCUT2D eigenvalue weighted by Gasteiger charge is 2.30. The second-order valence-electron chi connectivity index (χ2n) is 12.9. The van der Waals surface area contributed by atoms with Crippen LogP contribution in [0, 0.1) is 0 Å². The van der Waals surface area contributed by atoms with E-state index in [9.17, 15) is 0 Å². The fourth-order valence-electron chi connectivity index (χ4n) is 7.08. The third kappa shape index (κ3) is 6.60. The Morgan fingerprint density at radius 3 is 2.46 bits per heavy atom. The van der Waals surface area contributed by atoms with Crippen LogP contribution in [0.25, 0.3) is 22.1 Å². The van der Waals surface area contributed by atoms with Crippen molar-refractivity contribution >= 4 is 91.5 Å². The van der Waals surface area contributed by atoms with Gasteiger partial charge < -0.3 is 28.7 Å². The molecule has 15 heteroatoms. The molecule has 2 fully saturated rings. The van der Waals surface area contributed by atoms with Gasteiger partial charge in [0, 0.05) is 84.3 Å². The van der Waals surface area contributed by atoms with Gasteiger partial charge in [0.1, 0.15) is 22.7 Å². The van der Waals surface area contributed by atoms with Gasteiger partial charge in [-0.15, -0.1) is 0 Å². The molecule has 0 amide bonds. The van der Waals surface area contributed by atoms with Crippen molar-refractivity contribution in [2.45, 2.75) is 32.2 Å². The van der Waals surface area contributed by atoms with Crippen LogP contribution in [-0.2, 0) is 6.42 Å². The summed E-state index contributed by atoms with van der Waals surface area (Å²) in [5.74, 6) is 2.85. The van der Waals surface area contributed by atoms with Gasteiger partial charge in [-0.05, 0) is 56.1 Å². The number of nitrogens with one attached hydrogen (secondary N) is 1. The van der Waals surface area contributed by atoms with Crippen molar-refractivity contribution in [1.82, 2.24) is 39.7 Å². The lowest BCUT2D eigenvalue weighted by molar-refractivity contribution is 0.0981. The summed E-state index contributed by atoms with van der Waals surface area (Å²) in [6.07, 6.45) is 10.6. The number of ether oxygens (including phenoxy) is 1. The van der Waals surface area contributed by atoms with E-state index in [1.807, 2.05) is 43.6 Å². The van der Waals surface area contributed by atoms with E-state index in [-0.39, 0.29) is 0 Å². The van der Waals surface area contributed by atoms with Crippen molar-refractivity contribution < 1.29 is 4.74 Å². The summed E-state index contributed by atoms with van der Waals surface area (Å²) in [7, 11) is 7.92. The molecular formula is C35H45IN12OS. The Kier molecular flexibility index (Phi) is 10.4. The predicted octanol–water partition coefficient (Wildman–Crippen LogP) is 6.05. The van der Waals surface area contributed by atoms with Gasteiger partial charge in [-0.2, -0.15) is 15.0 Å². The largest absolute Gasteiger partial charge is 0.479 e. The molecule has 13 nitrogen and oxygen atoms in total. The first kappa shape index (κ1) is 34.8. The maximum atomic E-state index is 5.97. The highest BCUT2D eigenvalue weighted by atomic mass is 127. The minimum atomic E-state index is 0.528. The zero-order valence-electron chi connectivity index (χ0n) is 29.6. The number of aromatic nitrogens is 6. The number of methoxy groups -OCH3 is 1. The van der Waals surface area contributed by atoms with Gasteiger partial charge in [0.25, 0.3) is 0 Å². The average Bonchev–Trinajstić information content (AvgIpc) is 3.65. The van der Waals surface area contributed by atoms with E-state index in [0.717, 1.165) is 109 Å². The summed E-state index contributed by atoms with van der Waals surface area (Å²) in [5.41, 5.74) is 6.30. The fraction of sp³-hybridized carbons (Fsp3) is 0.457. The average molecular weight is 809 g/mol. The Balaban J connectivity index is 1.21. The number of piperazine rings is 1. The molecule has 264 valence electrons. The monoisotopic (exact) mass is 808 g/mol. The summed E-state index contributed by atoms with van der Waals surface area (Å²) >= 11 is 3.95. The number of halogens is 1. The molecule has 7 rings (SSSR count). The molecule has 0 spiro atoms. The predicted molar refractivity (Wildman–Crippen MR) is 214 cm³/mol. The van der Waals surface area contributed by atoms with Crippen LogP contribution in [0.15, 0.2) is 42.9 Å². The molecule has 0 bridgehead atoms. The molecule has 5 aromatic rings. The van der Waals surface area contributed by atoms with Gasteiger partial charge in [-0.3, -0.25) is 18.0 Å². The summed E-state index contributed by atoms with van der Waals surface area (Å²) in [6, 6.07) is 8.93. The third-order valence-corrected chi connectivity index (χ3v) is 11.7. The van der Waals surface area contributed by atoms with Gasteiger partial charge >= 0.3 is 0 Å². The Morgan fingerprint density at radius 1 is 0.980 bits per heavy atom. The quantitative estimate of drug-likeness (QED) is 0.101. The first-order valence-corrected chi connectivity index (χ1v) is 19.3. The lowest BCUT2D eigenvalue weighted by Gasteiger charge is -2.42. The summed E-state index contributed by atoms with van der Waals surface area (Å²) < 4.78 is 10.2. The number of likely N-dealkylation sites (N-methyl/N-ethyl adjacent to an activating group) is 1. The maximum Gasteiger partial charge on any atom is 0.239 e. The van der Waals surface area contributed by atoms with Gasteiger partial charge in [0.15, 0.2) is 5.82 Å². The molecule has 1 aromatic carbocycles. The lowest BCUT2D eigenvalue weighted by Crippen LogP contribution is -2.52. The van der Waals surface area contributed by atoms with E-state index >= 15 is 0 Å². The fourth-order valence-corrected chi connectivity index (χ4v) is 8.20. The number of H-pyrrole nitrogens is 1. The number of hydrogen-bond donors (Lipinski definition) is 1. The van der Waals surface area contributed by atoms with E-state index in [4.69, 9.17) is 24.7 Å². The second-order valence-corrected chi connectivity index (χ2v) is 14.8. The summed E-state index contributed by atoms with van der Waals surface area (Å²) in [6.45, 7) is 8.81. The van der Waals surface area contributed by atoms with Crippen LogP contribution in [0.3, 0.4) is 0 Å². The first-order chi connectivity index (χ1) is 24.3. The van der Waals surface area contributed by atoms with Crippen molar-refractivity contribution in [3.63, 3.8) is 0 Å². The van der Waals surface area contributed by atoms with Crippen LogP contribution < -0.4 is 22.0 Å². The van der Waals surface area contributed by atoms with Crippen molar-refractivity contribution in [2.75, 3.05) is 91.0 Å². The van der Waals surface area contributed by atoms with Crippen molar-refractivity contribution in [1.29, 1.82) is 0 Å².